The van der Waals surface area contributed by atoms with Crippen LogP contribution in [-0.2, 0) is 9.47 Å². The number of thioether (sulfide) groups is 2. The van der Waals surface area contributed by atoms with Crippen LogP contribution in [0.25, 0.3) is 44.6 Å². The lowest BCUT2D eigenvalue weighted by Gasteiger charge is -2.32. The van der Waals surface area contributed by atoms with Gasteiger partial charge in [-0.25, -0.2) is 28.7 Å². The molecule has 4 saturated heterocycles. The molecule has 388 valence electrons. The number of pyridine rings is 6. The summed E-state index contributed by atoms with van der Waals surface area (Å²) in [7, 11) is 0. The van der Waals surface area contributed by atoms with Crippen LogP contribution < -0.4 is 30.7 Å². The lowest BCUT2D eigenvalue weighted by Crippen LogP contribution is -2.37. The summed E-state index contributed by atoms with van der Waals surface area (Å²) in [6.07, 6.45) is 7.38. The molecule has 4 aliphatic rings. The summed E-state index contributed by atoms with van der Waals surface area (Å²) in [5.74, 6) is 5.75. The monoisotopic (exact) mass is 1070 g/mol. The molecule has 8 aromatic rings. The lowest BCUT2D eigenvalue weighted by atomic mass is 10.0. The first-order valence-corrected chi connectivity index (χ1v) is 27.9. The van der Waals surface area contributed by atoms with Gasteiger partial charge in [-0.3, -0.25) is 9.97 Å². The van der Waals surface area contributed by atoms with Crippen molar-refractivity contribution in [1.82, 2.24) is 29.9 Å². The number of hydrogen-bond acceptors (Lipinski definition) is 16. The fraction of sp³-hybridized carbons (Fsp3) is 0.321. The van der Waals surface area contributed by atoms with Crippen LogP contribution in [0.5, 0.6) is 0 Å². The fourth-order valence-electron chi connectivity index (χ4n) is 9.48. The Balaban J connectivity index is 0.000000142. The standard InChI is InChI=1S/C28H29FN6OS.C15H10ClFN2.C13H20N4OS/c1-19-26(22-6-5-20(29)16-24(22)32-27(19)23-4-2-3-7-30-23)33-25-17-21(34-10-14-37-15-11-34)18-31-28(25)35-8-12-36-13-9-35;1-9-14(16)11-6-5-10(17)8-13(11)19-15(9)12-4-2-3-7-18-12;14-12-9-11(16-3-7-19-8-4-16)10-15-13(12)17-1-5-18-6-2-17/h2-7,16-18H,8-15H2,1H3,(H,32,33);2-8H,1H3;9-10H,1-8,14H2. The second-order valence-corrected chi connectivity index (χ2v) is 21.1. The van der Waals surface area contributed by atoms with Crippen LogP contribution in [0.4, 0.5) is 48.9 Å². The van der Waals surface area contributed by atoms with Crippen LogP contribution >= 0.6 is 35.1 Å². The molecule has 2 aromatic carbocycles. The zero-order valence-corrected chi connectivity index (χ0v) is 44.4. The SMILES string of the molecule is Cc1c(-c2ccccn2)nc2cc(F)ccc2c1Cl.Cc1c(-c2ccccn2)nc2cc(F)ccc2c1Nc1cc(N2CCSCC2)cnc1N1CCOCC1.Nc1cc(N2CCSCC2)cnc1N1CCOCC1. The predicted molar refractivity (Wildman–Crippen MR) is 306 cm³/mol. The molecule has 19 heteroatoms. The Labute approximate surface area is 449 Å². The molecule has 0 atom stereocenters. The van der Waals surface area contributed by atoms with Crippen molar-refractivity contribution in [3.63, 3.8) is 0 Å². The van der Waals surface area contributed by atoms with Crippen LogP contribution in [0.3, 0.4) is 0 Å². The first kappa shape index (κ1) is 51.9. The molecule has 0 radical (unpaired) electrons. The maximum atomic E-state index is 14.3. The number of aromatic nitrogens is 6. The van der Waals surface area contributed by atoms with Gasteiger partial charge in [0.1, 0.15) is 11.6 Å². The summed E-state index contributed by atoms with van der Waals surface area (Å²) in [5, 5.41) is 5.91. The molecule has 0 amide bonds. The molecule has 4 aliphatic heterocycles. The van der Waals surface area contributed by atoms with Crippen molar-refractivity contribution in [2.75, 3.05) is 132 Å². The lowest BCUT2D eigenvalue weighted by molar-refractivity contribution is 0.122. The van der Waals surface area contributed by atoms with Crippen LogP contribution in [0.15, 0.2) is 110 Å². The van der Waals surface area contributed by atoms with Crippen molar-refractivity contribution < 1.29 is 18.3 Å². The summed E-state index contributed by atoms with van der Waals surface area (Å²) >= 11 is 10.3. The second-order valence-electron chi connectivity index (χ2n) is 18.3. The molecule has 14 nitrogen and oxygen atoms in total. The number of benzene rings is 2. The molecular formula is C56H59ClF2N12O2S2. The summed E-state index contributed by atoms with van der Waals surface area (Å²) in [6, 6.07) is 24.8. The van der Waals surface area contributed by atoms with E-state index >= 15 is 0 Å². The number of nitrogens with two attached hydrogens (primary N) is 1. The molecule has 0 bridgehead atoms. The van der Waals surface area contributed by atoms with Gasteiger partial charge in [0.25, 0.3) is 0 Å². The maximum absolute atomic E-state index is 14.3. The van der Waals surface area contributed by atoms with E-state index in [1.165, 1.54) is 35.8 Å². The van der Waals surface area contributed by atoms with Crippen molar-refractivity contribution in [3.8, 4) is 22.8 Å². The van der Waals surface area contributed by atoms with Gasteiger partial charge in [0.05, 0.1) is 106 Å². The number of hydrogen-bond donors (Lipinski definition) is 2. The number of halogens is 3. The Morgan fingerprint density at radius 1 is 0.560 bits per heavy atom. The van der Waals surface area contributed by atoms with Crippen LogP contribution in [0.1, 0.15) is 11.1 Å². The van der Waals surface area contributed by atoms with Gasteiger partial charge in [0.15, 0.2) is 11.6 Å². The Kier molecular flexibility index (Phi) is 16.9. The molecule has 10 heterocycles. The van der Waals surface area contributed by atoms with Gasteiger partial charge in [-0.2, -0.15) is 23.5 Å². The number of morpholine rings is 2. The molecule has 0 aliphatic carbocycles. The van der Waals surface area contributed by atoms with E-state index < -0.39 is 0 Å². The van der Waals surface area contributed by atoms with E-state index in [2.05, 4.69) is 57.0 Å². The van der Waals surface area contributed by atoms with Gasteiger partial charge in [0.2, 0.25) is 0 Å². The van der Waals surface area contributed by atoms with Crippen molar-refractivity contribution in [2.24, 2.45) is 0 Å². The zero-order valence-electron chi connectivity index (χ0n) is 42.0. The topological polar surface area (TPSA) is 147 Å². The maximum Gasteiger partial charge on any atom is 0.152 e. The average molecular weight is 1070 g/mol. The van der Waals surface area contributed by atoms with Gasteiger partial charge < -0.3 is 40.1 Å². The number of rotatable bonds is 8. The number of anilines is 7. The summed E-state index contributed by atoms with van der Waals surface area (Å²) in [5.41, 5.74) is 16.8. The number of ether oxygens (including phenoxy) is 2. The normalized spacial score (nSPS) is 16.0. The van der Waals surface area contributed by atoms with Gasteiger partial charge in [-0.15, -0.1) is 0 Å². The summed E-state index contributed by atoms with van der Waals surface area (Å²) < 4.78 is 38.5. The van der Waals surface area contributed by atoms with Gasteiger partial charge in [0, 0.05) is 116 Å². The number of nitrogen functional groups attached to an aromatic ring is 1. The van der Waals surface area contributed by atoms with Crippen molar-refractivity contribution in [3.05, 3.63) is 138 Å². The van der Waals surface area contributed by atoms with Crippen LogP contribution in [-0.4, -0.2) is 132 Å². The number of fused-ring (bicyclic) bond motifs is 2. The Morgan fingerprint density at radius 3 is 1.59 bits per heavy atom. The Bertz CT molecular complexity index is 3240. The molecular weight excluding hydrogens is 1010 g/mol. The largest absolute Gasteiger partial charge is 0.396 e. The number of nitrogens with one attached hydrogen (secondary N) is 1. The molecule has 0 unspecified atom stereocenters. The molecule has 4 fully saturated rings. The van der Waals surface area contributed by atoms with E-state index in [1.807, 2.05) is 86.2 Å². The Hall–Kier alpha value is -6.57. The van der Waals surface area contributed by atoms with Crippen molar-refractivity contribution in [1.29, 1.82) is 0 Å². The molecule has 75 heavy (non-hydrogen) atoms. The van der Waals surface area contributed by atoms with Crippen molar-refractivity contribution in [2.45, 2.75) is 13.8 Å². The average Bonchev–Trinajstić information content (AvgIpc) is 3.46. The zero-order chi connectivity index (χ0) is 51.7. The fourth-order valence-corrected chi connectivity index (χ4v) is 11.5. The minimum Gasteiger partial charge on any atom is -0.396 e. The first-order chi connectivity index (χ1) is 36.7. The third-order valence-electron chi connectivity index (χ3n) is 13.5. The molecule has 0 spiro atoms. The van der Waals surface area contributed by atoms with Crippen molar-refractivity contribution >= 4 is 97.0 Å². The third kappa shape index (κ3) is 12.3. The Morgan fingerprint density at radius 2 is 1.05 bits per heavy atom. The minimum atomic E-state index is -0.327. The van der Waals surface area contributed by atoms with E-state index in [9.17, 15) is 8.78 Å². The van der Waals surface area contributed by atoms with Gasteiger partial charge in [-0.1, -0.05) is 23.7 Å². The highest BCUT2D eigenvalue weighted by atomic mass is 35.5. The molecule has 6 aromatic heterocycles. The van der Waals surface area contributed by atoms with E-state index in [4.69, 9.17) is 36.8 Å². The van der Waals surface area contributed by atoms with E-state index in [0.29, 0.717) is 35.0 Å². The quantitative estimate of drug-likeness (QED) is 0.149. The van der Waals surface area contributed by atoms with E-state index in [0.717, 1.165) is 156 Å². The van der Waals surface area contributed by atoms with Gasteiger partial charge >= 0.3 is 0 Å². The highest BCUT2D eigenvalue weighted by molar-refractivity contribution is 7.99. The van der Waals surface area contributed by atoms with E-state index in [1.54, 1.807) is 24.5 Å². The third-order valence-corrected chi connectivity index (χ3v) is 15.9. The second kappa shape index (κ2) is 24.4. The number of nitrogens with zero attached hydrogens (tertiary/aromatic N) is 10. The highest BCUT2D eigenvalue weighted by Crippen LogP contribution is 2.39. The first-order valence-electron chi connectivity index (χ1n) is 25.2. The van der Waals surface area contributed by atoms with E-state index in [-0.39, 0.29) is 11.6 Å². The summed E-state index contributed by atoms with van der Waals surface area (Å²) in [6.45, 7) is 14.3. The van der Waals surface area contributed by atoms with Crippen LogP contribution in [0, 0.1) is 25.5 Å². The highest BCUT2D eigenvalue weighted by Gasteiger charge is 2.23. The molecule has 12 rings (SSSR count). The van der Waals surface area contributed by atoms with Gasteiger partial charge in [-0.05, 0) is 80.1 Å². The molecule has 0 saturated carbocycles. The predicted octanol–water partition coefficient (Wildman–Crippen LogP) is 10.7. The molecule has 3 N–H and O–H groups in total. The smallest absolute Gasteiger partial charge is 0.152 e. The van der Waals surface area contributed by atoms with Crippen LogP contribution in [0.2, 0.25) is 5.02 Å². The minimum absolute atomic E-state index is 0.317. The summed E-state index contributed by atoms with van der Waals surface area (Å²) in [4.78, 5) is 36.8.